The smallest absolute Gasteiger partial charge is 0.191 e. The van der Waals surface area contributed by atoms with Gasteiger partial charge < -0.3 is 15.2 Å². The average molecular weight is 380 g/mol. The molecule has 0 aliphatic carbocycles. The van der Waals surface area contributed by atoms with Crippen molar-refractivity contribution in [2.75, 3.05) is 13.1 Å². The lowest BCUT2D eigenvalue weighted by molar-refractivity contribution is 0.689. The summed E-state index contributed by atoms with van der Waals surface area (Å²) in [5.41, 5.74) is 0. The van der Waals surface area contributed by atoms with Crippen LogP contribution < -0.4 is 10.6 Å². The number of aliphatic imine (C=N–C) groups is 1. The highest BCUT2D eigenvalue weighted by atomic mass is 127. The first kappa shape index (κ1) is 18.1. The molecule has 110 valence electrons. The van der Waals surface area contributed by atoms with Crippen LogP contribution in [0.2, 0.25) is 0 Å². The molecular weight excluding hydrogens is 355 g/mol. The summed E-state index contributed by atoms with van der Waals surface area (Å²) in [6, 6.07) is 0. The van der Waals surface area contributed by atoms with E-state index in [1.165, 1.54) is 6.42 Å². The number of aromatic nitrogens is 3. The minimum atomic E-state index is 0. The third-order valence-electron chi connectivity index (χ3n) is 2.58. The number of aryl methyl sites for hydroxylation is 1. The van der Waals surface area contributed by atoms with Crippen LogP contribution in [0.25, 0.3) is 0 Å². The Kier molecular flexibility index (Phi) is 10.5. The zero-order valence-corrected chi connectivity index (χ0v) is 14.3. The summed E-state index contributed by atoms with van der Waals surface area (Å²) in [5.74, 6) is 1.74. The molecule has 0 aliphatic rings. The van der Waals surface area contributed by atoms with Gasteiger partial charge in [-0.15, -0.1) is 34.2 Å². The average Bonchev–Trinajstić information content (AvgIpc) is 2.83. The van der Waals surface area contributed by atoms with Crippen molar-refractivity contribution in [2.45, 2.75) is 46.7 Å². The summed E-state index contributed by atoms with van der Waals surface area (Å²) in [7, 11) is 0. The van der Waals surface area contributed by atoms with Crippen LogP contribution in [0.15, 0.2) is 11.3 Å². The summed E-state index contributed by atoms with van der Waals surface area (Å²) in [6.45, 7) is 9.54. The first-order valence-electron chi connectivity index (χ1n) is 6.70. The van der Waals surface area contributed by atoms with Gasteiger partial charge in [0.05, 0.1) is 0 Å². The third kappa shape index (κ3) is 6.74. The van der Waals surface area contributed by atoms with Crippen LogP contribution in [0, 0.1) is 0 Å². The van der Waals surface area contributed by atoms with E-state index >= 15 is 0 Å². The lowest BCUT2D eigenvalue weighted by atomic mass is 10.3. The van der Waals surface area contributed by atoms with Gasteiger partial charge in [0, 0.05) is 19.6 Å². The van der Waals surface area contributed by atoms with Crippen LogP contribution in [0.3, 0.4) is 0 Å². The van der Waals surface area contributed by atoms with Gasteiger partial charge in [-0.1, -0.05) is 13.3 Å². The van der Waals surface area contributed by atoms with E-state index in [2.05, 4.69) is 46.6 Å². The summed E-state index contributed by atoms with van der Waals surface area (Å²) in [4.78, 5) is 4.51. The Labute approximate surface area is 132 Å². The molecule has 1 heterocycles. The number of unbranched alkanes of at least 4 members (excludes halogenated alkanes) is 1. The number of nitrogens with one attached hydrogen (secondary N) is 2. The second kappa shape index (κ2) is 11.0. The van der Waals surface area contributed by atoms with Gasteiger partial charge in [0.25, 0.3) is 0 Å². The summed E-state index contributed by atoms with van der Waals surface area (Å²) >= 11 is 0. The number of hydrogen-bond donors (Lipinski definition) is 2. The predicted octanol–water partition coefficient (Wildman–Crippen LogP) is 1.77. The molecule has 7 heteroatoms. The molecule has 0 saturated carbocycles. The van der Waals surface area contributed by atoms with E-state index in [1.54, 1.807) is 6.33 Å². The fraction of sp³-hybridized carbons (Fsp3) is 0.750. The van der Waals surface area contributed by atoms with E-state index in [4.69, 9.17) is 0 Å². The lowest BCUT2D eigenvalue weighted by Gasteiger charge is -2.10. The fourth-order valence-electron chi connectivity index (χ4n) is 1.54. The van der Waals surface area contributed by atoms with Crippen molar-refractivity contribution in [3.8, 4) is 0 Å². The summed E-state index contributed by atoms with van der Waals surface area (Å²) in [5, 5.41) is 14.5. The van der Waals surface area contributed by atoms with Gasteiger partial charge in [0.2, 0.25) is 0 Å². The van der Waals surface area contributed by atoms with Crippen molar-refractivity contribution in [1.82, 2.24) is 25.4 Å². The van der Waals surface area contributed by atoms with Crippen LogP contribution in [-0.2, 0) is 13.1 Å². The Morgan fingerprint density at radius 1 is 1.32 bits per heavy atom. The fourth-order valence-corrected chi connectivity index (χ4v) is 1.54. The molecule has 0 radical (unpaired) electrons. The number of nitrogens with zero attached hydrogens (tertiary/aromatic N) is 4. The Morgan fingerprint density at radius 2 is 2.11 bits per heavy atom. The van der Waals surface area contributed by atoms with Gasteiger partial charge in [-0.05, 0) is 20.3 Å². The minimum absolute atomic E-state index is 0. The van der Waals surface area contributed by atoms with Gasteiger partial charge in [0.1, 0.15) is 12.9 Å². The van der Waals surface area contributed by atoms with Gasteiger partial charge in [-0.2, -0.15) is 0 Å². The maximum atomic E-state index is 4.51. The van der Waals surface area contributed by atoms with Crippen molar-refractivity contribution in [1.29, 1.82) is 0 Å². The van der Waals surface area contributed by atoms with E-state index in [-0.39, 0.29) is 24.0 Å². The molecule has 0 bridgehead atoms. The largest absolute Gasteiger partial charge is 0.357 e. The Bertz CT molecular complexity index is 363. The number of rotatable bonds is 7. The highest BCUT2D eigenvalue weighted by Gasteiger charge is 2.02. The summed E-state index contributed by atoms with van der Waals surface area (Å²) in [6.07, 6.45) is 4.06. The normalized spacial score (nSPS) is 11.0. The lowest BCUT2D eigenvalue weighted by Crippen LogP contribution is -2.37. The first-order chi connectivity index (χ1) is 8.81. The first-order valence-corrected chi connectivity index (χ1v) is 6.70. The summed E-state index contributed by atoms with van der Waals surface area (Å²) < 4.78 is 2.00. The van der Waals surface area contributed by atoms with E-state index in [0.29, 0.717) is 6.54 Å². The zero-order chi connectivity index (χ0) is 13.2. The molecule has 1 aromatic rings. The number of guanidine groups is 1. The monoisotopic (exact) mass is 380 g/mol. The Morgan fingerprint density at radius 3 is 2.74 bits per heavy atom. The topological polar surface area (TPSA) is 67.1 Å². The van der Waals surface area contributed by atoms with Gasteiger partial charge in [-0.3, -0.25) is 0 Å². The van der Waals surface area contributed by atoms with Gasteiger partial charge in [0.15, 0.2) is 11.8 Å². The van der Waals surface area contributed by atoms with Crippen molar-refractivity contribution in [2.24, 2.45) is 4.99 Å². The molecule has 0 aliphatic heterocycles. The molecular formula is C12H25IN6. The van der Waals surface area contributed by atoms with Crippen molar-refractivity contribution in [3.63, 3.8) is 0 Å². The molecule has 2 N–H and O–H groups in total. The molecule has 19 heavy (non-hydrogen) atoms. The SMILES string of the molecule is CCCCNC(=NCc1nncn1CC)NCC.I. The minimum Gasteiger partial charge on any atom is -0.357 e. The van der Waals surface area contributed by atoms with Crippen LogP contribution in [0.1, 0.15) is 39.4 Å². The highest BCUT2D eigenvalue weighted by Crippen LogP contribution is 1.96. The zero-order valence-electron chi connectivity index (χ0n) is 12.0. The van der Waals surface area contributed by atoms with Gasteiger partial charge in [-0.25, -0.2) is 4.99 Å². The highest BCUT2D eigenvalue weighted by molar-refractivity contribution is 14.0. The Hall–Kier alpha value is -0.860. The van der Waals surface area contributed by atoms with Crippen LogP contribution >= 0.6 is 24.0 Å². The third-order valence-corrected chi connectivity index (χ3v) is 2.58. The molecule has 0 fully saturated rings. The maximum Gasteiger partial charge on any atom is 0.191 e. The van der Waals surface area contributed by atoms with Crippen molar-refractivity contribution < 1.29 is 0 Å². The molecule has 0 amide bonds. The van der Waals surface area contributed by atoms with E-state index in [0.717, 1.165) is 37.8 Å². The quantitative estimate of drug-likeness (QED) is 0.328. The standard InChI is InChI=1S/C12H24N6.HI/c1-4-7-8-14-12(13-5-2)15-9-11-17-16-10-18(11)6-3;/h10H,4-9H2,1-3H3,(H2,13,14,15);1H. The molecule has 1 rings (SSSR count). The molecule has 0 aromatic carbocycles. The Balaban J connectivity index is 0.00000324. The number of halogens is 1. The molecule has 6 nitrogen and oxygen atoms in total. The molecule has 0 atom stereocenters. The van der Waals surface area contributed by atoms with Crippen LogP contribution in [0.5, 0.6) is 0 Å². The van der Waals surface area contributed by atoms with E-state index in [1.807, 2.05) is 4.57 Å². The molecule has 1 aromatic heterocycles. The van der Waals surface area contributed by atoms with Crippen LogP contribution in [0.4, 0.5) is 0 Å². The second-order valence-electron chi connectivity index (χ2n) is 4.01. The van der Waals surface area contributed by atoms with Crippen LogP contribution in [-0.4, -0.2) is 33.8 Å². The van der Waals surface area contributed by atoms with Gasteiger partial charge >= 0.3 is 0 Å². The van der Waals surface area contributed by atoms with E-state index < -0.39 is 0 Å². The van der Waals surface area contributed by atoms with Crippen molar-refractivity contribution >= 4 is 29.9 Å². The molecule has 0 unspecified atom stereocenters. The van der Waals surface area contributed by atoms with Crippen molar-refractivity contribution in [3.05, 3.63) is 12.2 Å². The molecule has 0 spiro atoms. The maximum absolute atomic E-state index is 4.51. The second-order valence-corrected chi connectivity index (χ2v) is 4.01. The van der Waals surface area contributed by atoms with E-state index in [9.17, 15) is 0 Å². The molecule has 0 saturated heterocycles. The predicted molar refractivity (Wildman–Crippen MR) is 88.8 cm³/mol. The number of hydrogen-bond acceptors (Lipinski definition) is 3.